The molecule has 0 aliphatic rings. The molecule has 2 N–H and O–H groups in total. The quantitative estimate of drug-likeness (QED) is 0.543. The van der Waals surface area contributed by atoms with Crippen LogP contribution in [0.5, 0.6) is 0 Å². The van der Waals surface area contributed by atoms with E-state index in [4.69, 9.17) is 0 Å². The molecule has 0 unspecified atom stereocenters. The van der Waals surface area contributed by atoms with Crippen molar-refractivity contribution in [1.82, 2.24) is 4.98 Å². The topological polar surface area (TPSA) is 79.0 Å². The average Bonchev–Trinajstić information content (AvgIpc) is 2.63. The average molecular weight is 364 g/mol. The third-order valence-electron chi connectivity index (χ3n) is 4.32. The summed E-state index contributed by atoms with van der Waals surface area (Å²) in [6.07, 6.45) is 0. The fourth-order valence-electron chi connectivity index (χ4n) is 2.95. The fourth-order valence-corrected chi connectivity index (χ4v) is 4.02. The monoisotopic (exact) mass is 364 g/mol. The van der Waals surface area contributed by atoms with Crippen molar-refractivity contribution in [2.75, 3.05) is 4.72 Å². The SMILES string of the molecule is Cc1ccc(S(=O)(=O)Nc2cccc3c(=O)c4ccccc4[nH]c23)cc1. The summed E-state index contributed by atoms with van der Waals surface area (Å²) in [4.78, 5) is 16.1. The smallest absolute Gasteiger partial charge is 0.261 e. The second kappa shape index (κ2) is 6.00. The zero-order valence-corrected chi connectivity index (χ0v) is 14.8. The van der Waals surface area contributed by atoms with E-state index >= 15 is 0 Å². The summed E-state index contributed by atoms with van der Waals surface area (Å²) in [6.45, 7) is 1.89. The molecule has 1 heterocycles. The highest BCUT2D eigenvalue weighted by Gasteiger charge is 2.16. The summed E-state index contributed by atoms with van der Waals surface area (Å²) in [5.41, 5.74) is 2.31. The van der Waals surface area contributed by atoms with Crippen LogP contribution in [-0.2, 0) is 10.0 Å². The normalized spacial score (nSPS) is 11.7. The Bertz CT molecular complexity index is 1290. The number of benzene rings is 3. The number of hydrogen-bond donors (Lipinski definition) is 2. The van der Waals surface area contributed by atoms with Crippen LogP contribution in [-0.4, -0.2) is 13.4 Å². The second-order valence-electron chi connectivity index (χ2n) is 6.15. The lowest BCUT2D eigenvalue weighted by Gasteiger charge is -2.11. The van der Waals surface area contributed by atoms with Gasteiger partial charge >= 0.3 is 0 Å². The molecule has 0 saturated carbocycles. The first-order valence-electron chi connectivity index (χ1n) is 8.09. The Morgan fingerprint density at radius 1 is 0.846 bits per heavy atom. The molecule has 6 heteroatoms. The summed E-state index contributed by atoms with van der Waals surface area (Å²) >= 11 is 0. The highest BCUT2D eigenvalue weighted by molar-refractivity contribution is 7.92. The van der Waals surface area contributed by atoms with Gasteiger partial charge in [-0.15, -0.1) is 0 Å². The first-order chi connectivity index (χ1) is 12.5. The van der Waals surface area contributed by atoms with Gasteiger partial charge in [0, 0.05) is 16.3 Å². The molecular formula is C20H16N2O3S. The molecule has 0 atom stereocenters. The van der Waals surface area contributed by atoms with E-state index in [0.29, 0.717) is 27.5 Å². The number of aromatic nitrogens is 1. The van der Waals surface area contributed by atoms with Crippen LogP contribution in [0.2, 0.25) is 0 Å². The second-order valence-corrected chi connectivity index (χ2v) is 7.83. The Balaban J connectivity index is 1.89. The van der Waals surface area contributed by atoms with Crippen LogP contribution >= 0.6 is 0 Å². The van der Waals surface area contributed by atoms with E-state index in [1.165, 1.54) is 0 Å². The van der Waals surface area contributed by atoms with E-state index < -0.39 is 10.0 Å². The Morgan fingerprint density at radius 3 is 2.31 bits per heavy atom. The van der Waals surface area contributed by atoms with Crippen LogP contribution < -0.4 is 10.2 Å². The fraction of sp³-hybridized carbons (Fsp3) is 0.0500. The lowest BCUT2D eigenvalue weighted by molar-refractivity contribution is 0.601. The lowest BCUT2D eigenvalue weighted by atomic mass is 10.1. The highest BCUT2D eigenvalue weighted by Crippen LogP contribution is 2.24. The van der Waals surface area contributed by atoms with E-state index in [1.807, 2.05) is 13.0 Å². The molecule has 0 spiro atoms. The maximum Gasteiger partial charge on any atom is 0.261 e. The number of nitrogens with one attached hydrogen (secondary N) is 2. The van der Waals surface area contributed by atoms with Crippen molar-refractivity contribution in [3.63, 3.8) is 0 Å². The predicted molar refractivity (Wildman–Crippen MR) is 104 cm³/mol. The van der Waals surface area contributed by atoms with Crippen molar-refractivity contribution >= 4 is 37.5 Å². The Kier molecular flexibility index (Phi) is 3.77. The molecule has 3 aromatic carbocycles. The van der Waals surface area contributed by atoms with E-state index in [9.17, 15) is 13.2 Å². The Morgan fingerprint density at radius 2 is 1.54 bits per heavy atom. The zero-order chi connectivity index (χ0) is 18.3. The molecule has 0 amide bonds. The van der Waals surface area contributed by atoms with Gasteiger partial charge in [0.2, 0.25) is 0 Å². The molecule has 5 nitrogen and oxygen atoms in total. The molecular weight excluding hydrogens is 348 g/mol. The molecule has 0 aliphatic heterocycles. The van der Waals surface area contributed by atoms with Gasteiger partial charge in [-0.2, -0.15) is 0 Å². The first-order valence-corrected chi connectivity index (χ1v) is 9.57. The van der Waals surface area contributed by atoms with E-state index in [-0.39, 0.29) is 10.3 Å². The zero-order valence-electron chi connectivity index (χ0n) is 14.0. The number of anilines is 1. The van der Waals surface area contributed by atoms with E-state index in [1.54, 1.807) is 60.7 Å². The highest BCUT2D eigenvalue weighted by atomic mass is 32.2. The molecule has 4 rings (SSSR count). The van der Waals surface area contributed by atoms with Gasteiger partial charge in [-0.05, 0) is 43.3 Å². The summed E-state index contributed by atoms with van der Waals surface area (Å²) in [5, 5.41) is 1.01. The van der Waals surface area contributed by atoms with Gasteiger partial charge in [0.1, 0.15) is 0 Å². The summed E-state index contributed by atoms with van der Waals surface area (Å²) in [7, 11) is -3.76. The van der Waals surface area contributed by atoms with Crippen molar-refractivity contribution in [2.45, 2.75) is 11.8 Å². The molecule has 0 aliphatic carbocycles. The number of sulfonamides is 1. The van der Waals surface area contributed by atoms with Crippen LogP contribution in [0.3, 0.4) is 0 Å². The number of para-hydroxylation sites is 2. The first kappa shape index (κ1) is 16.4. The third kappa shape index (κ3) is 2.74. The number of fused-ring (bicyclic) bond motifs is 2. The van der Waals surface area contributed by atoms with Crippen molar-refractivity contribution in [3.8, 4) is 0 Å². The summed E-state index contributed by atoms with van der Waals surface area (Å²) < 4.78 is 28.0. The van der Waals surface area contributed by atoms with Crippen molar-refractivity contribution < 1.29 is 8.42 Å². The Labute approximate surface area is 150 Å². The van der Waals surface area contributed by atoms with Crippen LogP contribution in [0, 0.1) is 6.92 Å². The van der Waals surface area contributed by atoms with Crippen molar-refractivity contribution in [1.29, 1.82) is 0 Å². The number of H-pyrrole nitrogens is 1. The van der Waals surface area contributed by atoms with E-state index in [2.05, 4.69) is 9.71 Å². The molecule has 0 radical (unpaired) electrons. The molecule has 0 fully saturated rings. The van der Waals surface area contributed by atoms with Gasteiger partial charge in [-0.3, -0.25) is 9.52 Å². The molecule has 130 valence electrons. The minimum absolute atomic E-state index is 0.134. The Hall–Kier alpha value is -3.12. The lowest BCUT2D eigenvalue weighted by Crippen LogP contribution is -2.14. The largest absolute Gasteiger partial charge is 0.353 e. The van der Waals surface area contributed by atoms with Crippen LogP contribution in [0.1, 0.15) is 5.56 Å². The number of rotatable bonds is 3. The van der Waals surface area contributed by atoms with Gasteiger partial charge in [0.05, 0.1) is 16.1 Å². The predicted octanol–water partition coefficient (Wildman–Crippen LogP) is 3.79. The number of aromatic amines is 1. The van der Waals surface area contributed by atoms with Gasteiger partial charge in [0.15, 0.2) is 5.43 Å². The number of pyridine rings is 1. The van der Waals surface area contributed by atoms with Gasteiger partial charge < -0.3 is 4.98 Å². The standard InChI is InChI=1S/C20H16N2O3S/c1-13-9-11-14(12-10-13)26(24,25)22-18-8-4-6-16-19(18)21-17-7-3-2-5-15(17)20(16)23/h2-12,22H,1H3,(H,21,23). The van der Waals surface area contributed by atoms with Crippen LogP contribution in [0.15, 0.2) is 76.4 Å². The summed E-state index contributed by atoms with van der Waals surface area (Å²) in [6, 6.07) is 18.7. The molecule has 0 bridgehead atoms. The van der Waals surface area contributed by atoms with Crippen LogP contribution in [0.4, 0.5) is 5.69 Å². The van der Waals surface area contributed by atoms with Gasteiger partial charge in [-0.1, -0.05) is 35.9 Å². The van der Waals surface area contributed by atoms with Gasteiger partial charge in [0.25, 0.3) is 10.0 Å². The van der Waals surface area contributed by atoms with Crippen molar-refractivity contribution in [3.05, 3.63) is 82.5 Å². The minimum atomic E-state index is -3.76. The van der Waals surface area contributed by atoms with E-state index in [0.717, 1.165) is 5.56 Å². The number of aryl methyl sites for hydroxylation is 1. The molecule has 4 aromatic rings. The minimum Gasteiger partial charge on any atom is -0.353 e. The number of hydrogen-bond acceptors (Lipinski definition) is 3. The maximum atomic E-state index is 12.7. The maximum absolute atomic E-state index is 12.7. The summed E-state index contributed by atoms with van der Waals surface area (Å²) in [5.74, 6) is 0. The van der Waals surface area contributed by atoms with Gasteiger partial charge in [-0.25, -0.2) is 8.42 Å². The van der Waals surface area contributed by atoms with Crippen molar-refractivity contribution in [2.24, 2.45) is 0 Å². The third-order valence-corrected chi connectivity index (χ3v) is 5.70. The molecule has 0 saturated heterocycles. The molecule has 1 aromatic heterocycles. The molecule has 26 heavy (non-hydrogen) atoms. The van der Waals surface area contributed by atoms with Crippen LogP contribution in [0.25, 0.3) is 21.8 Å².